The number of anilines is 1. The molecule has 0 amide bonds. The number of hydrogen-bond acceptors (Lipinski definition) is 3. The third kappa shape index (κ3) is 2.94. The molecule has 0 bridgehead atoms. The third-order valence-corrected chi connectivity index (χ3v) is 4.63. The number of hydrogen-bond donors (Lipinski definition) is 1. The normalized spacial score (nSPS) is 12.7. The fraction of sp³-hybridized carbons (Fsp3) is 0.286. The van der Waals surface area contributed by atoms with Crippen molar-refractivity contribution in [3.05, 3.63) is 50.6 Å². The van der Waals surface area contributed by atoms with Gasteiger partial charge in [-0.2, -0.15) is 0 Å². The first kappa shape index (κ1) is 13.6. The van der Waals surface area contributed by atoms with Gasteiger partial charge in [-0.1, -0.05) is 12.1 Å². The standard InChI is InChI=1S/C14H17BrN2S/c1-16-12-6-4-10(5-7-12)14(17(2)3)13-8-11(15)9-18-13/h4-9,14,16H,1-3H3. The second kappa shape index (κ2) is 5.87. The van der Waals surface area contributed by atoms with Crippen LogP contribution in [0.3, 0.4) is 0 Å². The molecule has 1 aromatic carbocycles. The first-order valence-electron chi connectivity index (χ1n) is 5.80. The molecule has 1 N–H and O–H groups in total. The second-order valence-electron chi connectivity index (χ2n) is 4.41. The average molecular weight is 325 g/mol. The Bertz CT molecular complexity index is 505. The quantitative estimate of drug-likeness (QED) is 0.906. The summed E-state index contributed by atoms with van der Waals surface area (Å²) in [5.74, 6) is 0. The van der Waals surface area contributed by atoms with Gasteiger partial charge in [0.25, 0.3) is 0 Å². The molecular formula is C14H17BrN2S. The fourth-order valence-corrected chi connectivity index (χ4v) is 3.69. The zero-order valence-electron chi connectivity index (χ0n) is 10.8. The van der Waals surface area contributed by atoms with E-state index in [1.54, 1.807) is 11.3 Å². The van der Waals surface area contributed by atoms with Gasteiger partial charge < -0.3 is 5.32 Å². The van der Waals surface area contributed by atoms with Crippen LogP contribution in [0.2, 0.25) is 0 Å². The molecule has 1 unspecified atom stereocenters. The SMILES string of the molecule is CNc1ccc(C(c2cc(Br)cs2)N(C)C)cc1. The van der Waals surface area contributed by atoms with Crippen molar-refractivity contribution in [2.75, 3.05) is 26.5 Å². The molecule has 1 heterocycles. The maximum Gasteiger partial charge on any atom is 0.0691 e. The highest BCUT2D eigenvalue weighted by Crippen LogP contribution is 2.33. The van der Waals surface area contributed by atoms with Crippen molar-refractivity contribution in [2.24, 2.45) is 0 Å². The predicted octanol–water partition coefficient (Wildman–Crippen LogP) is 4.20. The van der Waals surface area contributed by atoms with E-state index in [1.807, 2.05) is 7.05 Å². The maximum absolute atomic E-state index is 3.53. The number of benzene rings is 1. The van der Waals surface area contributed by atoms with Gasteiger partial charge in [0.15, 0.2) is 0 Å². The molecule has 0 saturated carbocycles. The molecule has 0 aliphatic rings. The van der Waals surface area contributed by atoms with Crippen LogP contribution < -0.4 is 5.32 Å². The molecule has 4 heteroatoms. The molecule has 0 fully saturated rings. The molecule has 96 valence electrons. The van der Waals surface area contributed by atoms with Crippen LogP contribution in [-0.4, -0.2) is 26.0 Å². The highest BCUT2D eigenvalue weighted by Gasteiger charge is 2.18. The smallest absolute Gasteiger partial charge is 0.0691 e. The van der Waals surface area contributed by atoms with E-state index in [4.69, 9.17) is 0 Å². The van der Waals surface area contributed by atoms with Crippen molar-refractivity contribution in [1.82, 2.24) is 4.90 Å². The number of nitrogens with one attached hydrogen (secondary N) is 1. The van der Waals surface area contributed by atoms with Crippen molar-refractivity contribution in [3.63, 3.8) is 0 Å². The molecule has 1 aromatic heterocycles. The number of halogens is 1. The molecule has 2 nitrogen and oxygen atoms in total. The molecule has 1 atom stereocenters. The molecular weight excluding hydrogens is 308 g/mol. The van der Waals surface area contributed by atoms with Gasteiger partial charge >= 0.3 is 0 Å². The van der Waals surface area contributed by atoms with E-state index in [2.05, 4.69) is 76.0 Å². The lowest BCUT2D eigenvalue weighted by Gasteiger charge is -2.24. The Morgan fingerprint density at radius 3 is 2.33 bits per heavy atom. The van der Waals surface area contributed by atoms with Gasteiger partial charge in [-0.15, -0.1) is 11.3 Å². The number of nitrogens with zero attached hydrogens (tertiary/aromatic N) is 1. The fourth-order valence-electron chi connectivity index (χ4n) is 2.02. The molecule has 0 radical (unpaired) electrons. The number of rotatable bonds is 4. The van der Waals surface area contributed by atoms with Gasteiger partial charge in [-0.3, -0.25) is 4.90 Å². The summed E-state index contributed by atoms with van der Waals surface area (Å²) in [6.45, 7) is 0. The van der Waals surface area contributed by atoms with Gasteiger partial charge in [0.05, 0.1) is 6.04 Å². The summed E-state index contributed by atoms with van der Waals surface area (Å²) in [4.78, 5) is 3.59. The molecule has 0 spiro atoms. The summed E-state index contributed by atoms with van der Waals surface area (Å²) in [7, 11) is 6.17. The lowest BCUT2D eigenvalue weighted by atomic mass is 10.0. The van der Waals surface area contributed by atoms with E-state index in [1.165, 1.54) is 10.4 Å². The van der Waals surface area contributed by atoms with Gasteiger partial charge in [0.2, 0.25) is 0 Å². The Morgan fingerprint density at radius 1 is 1.22 bits per heavy atom. The van der Waals surface area contributed by atoms with Crippen LogP contribution in [0.1, 0.15) is 16.5 Å². The average Bonchev–Trinajstić information content (AvgIpc) is 2.76. The molecule has 18 heavy (non-hydrogen) atoms. The van der Waals surface area contributed by atoms with Gasteiger partial charge in [-0.25, -0.2) is 0 Å². The Hall–Kier alpha value is -0.840. The monoisotopic (exact) mass is 324 g/mol. The Balaban J connectivity index is 2.35. The first-order chi connectivity index (χ1) is 8.61. The largest absolute Gasteiger partial charge is 0.388 e. The summed E-state index contributed by atoms with van der Waals surface area (Å²) in [5, 5.41) is 5.28. The first-order valence-corrected chi connectivity index (χ1v) is 7.47. The minimum Gasteiger partial charge on any atom is -0.388 e. The summed E-state index contributed by atoms with van der Waals surface area (Å²) in [6.07, 6.45) is 0. The summed E-state index contributed by atoms with van der Waals surface area (Å²) in [6, 6.07) is 11.1. The summed E-state index contributed by atoms with van der Waals surface area (Å²) >= 11 is 5.31. The highest BCUT2D eigenvalue weighted by atomic mass is 79.9. The van der Waals surface area contributed by atoms with Crippen molar-refractivity contribution in [1.29, 1.82) is 0 Å². The van der Waals surface area contributed by atoms with E-state index in [0.717, 1.165) is 10.2 Å². The van der Waals surface area contributed by atoms with Crippen LogP contribution in [0.4, 0.5) is 5.69 Å². The van der Waals surface area contributed by atoms with E-state index in [0.29, 0.717) is 6.04 Å². The lowest BCUT2D eigenvalue weighted by molar-refractivity contribution is 0.346. The molecule has 0 aliphatic carbocycles. The zero-order chi connectivity index (χ0) is 13.1. The topological polar surface area (TPSA) is 15.3 Å². The number of thiophene rings is 1. The zero-order valence-corrected chi connectivity index (χ0v) is 13.2. The molecule has 2 rings (SSSR count). The minimum absolute atomic E-state index is 0.312. The van der Waals surface area contributed by atoms with E-state index < -0.39 is 0 Å². The minimum atomic E-state index is 0.312. The van der Waals surface area contributed by atoms with Crippen LogP contribution in [0.5, 0.6) is 0 Å². The van der Waals surface area contributed by atoms with E-state index in [-0.39, 0.29) is 0 Å². The van der Waals surface area contributed by atoms with Crippen LogP contribution >= 0.6 is 27.3 Å². The lowest BCUT2D eigenvalue weighted by Crippen LogP contribution is -2.20. The summed E-state index contributed by atoms with van der Waals surface area (Å²) < 4.78 is 1.15. The van der Waals surface area contributed by atoms with Gasteiger partial charge in [-0.05, 0) is 53.8 Å². The van der Waals surface area contributed by atoms with Crippen molar-refractivity contribution in [3.8, 4) is 0 Å². The van der Waals surface area contributed by atoms with Crippen LogP contribution in [0.15, 0.2) is 40.2 Å². The Kier molecular flexibility index (Phi) is 4.43. The maximum atomic E-state index is 3.53. The Labute approximate surface area is 121 Å². The van der Waals surface area contributed by atoms with Crippen molar-refractivity contribution < 1.29 is 0 Å². The third-order valence-electron chi connectivity index (χ3n) is 2.89. The van der Waals surface area contributed by atoms with E-state index >= 15 is 0 Å². The van der Waals surface area contributed by atoms with E-state index in [9.17, 15) is 0 Å². The second-order valence-corrected chi connectivity index (χ2v) is 6.26. The van der Waals surface area contributed by atoms with Crippen molar-refractivity contribution in [2.45, 2.75) is 6.04 Å². The highest BCUT2D eigenvalue weighted by molar-refractivity contribution is 9.10. The molecule has 0 aliphatic heterocycles. The molecule has 2 aromatic rings. The predicted molar refractivity (Wildman–Crippen MR) is 83.5 cm³/mol. The van der Waals surface area contributed by atoms with Gasteiger partial charge in [0.1, 0.15) is 0 Å². The Morgan fingerprint density at radius 2 is 1.89 bits per heavy atom. The van der Waals surface area contributed by atoms with Crippen LogP contribution in [0.25, 0.3) is 0 Å². The van der Waals surface area contributed by atoms with Crippen LogP contribution in [-0.2, 0) is 0 Å². The summed E-state index contributed by atoms with van der Waals surface area (Å²) in [5.41, 5.74) is 2.46. The molecule has 0 saturated heterocycles. The van der Waals surface area contributed by atoms with Gasteiger partial charge in [0, 0.05) is 27.5 Å². The van der Waals surface area contributed by atoms with Crippen LogP contribution in [0, 0.1) is 0 Å². The van der Waals surface area contributed by atoms with Crippen molar-refractivity contribution >= 4 is 33.0 Å².